The summed E-state index contributed by atoms with van der Waals surface area (Å²) in [6.07, 6.45) is 2.81. The Labute approximate surface area is 206 Å². The third-order valence-corrected chi connectivity index (χ3v) is 9.34. The normalized spacial score (nSPS) is 15.5. The van der Waals surface area contributed by atoms with E-state index in [2.05, 4.69) is 17.2 Å². The summed E-state index contributed by atoms with van der Waals surface area (Å²) >= 11 is 7.17. The number of ether oxygens (including phenoxy) is 1. The van der Waals surface area contributed by atoms with Gasteiger partial charge in [-0.25, -0.2) is 13.4 Å². The molecule has 1 aromatic carbocycles. The number of amides is 1. The van der Waals surface area contributed by atoms with Crippen LogP contribution in [0.3, 0.4) is 0 Å². The molecule has 0 radical (unpaired) electrons. The largest absolute Gasteiger partial charge is 0.495 e. The highest BCUT2D eigenvalue weighted by Crippen LogP contribution is 2.34. The maximum absolute atomic E-state index is 13.5. The molecule has 0 saturated carbocycles. The number of carbonyl (C=O) groups is 1. The zero-order valence-electron chi connectivity index (χ0n) is 19.0. The quantitative estimate of drug-likeness (QED) is 0.528. The van der Waals surface area contributed by atoms with Gasteiger partial charge in [0.2, 0.25) is 15.9 Å². The highest BCUT2D eigenvalue weighted by Gasteiger charge is 2.33. The number of halogens is 1. The van der Waals surface area contributed by atoms with E-state index in [1.54, 1.807) is 19.1 Å². The van der Waals surface area contributed by atoms with E-state index in [0.717, 1.165) is 28.7 Å². The molecule has 0 unspecified atom stereocenters. The number of aromatic nitrogens is 2. The lowest BCUT2D eigenvalue weighted by Crippen LogP contribution is -2.38. The topological polar surface area (TPSA) is 111 Å². The average molecular weight is 525 g/mol. The Hall–Kier alpha value is -2.47. The number of nitrogens with one attached hydrogen (secondary N) is 1. The van der Waals surface area contributed by atoms with Crippen LogP contribution in [0.15, 0.2) is 34.2 Å². The van der Waals surface area contributed by atoms with Crippen LogP contribution in [0.4, 0.5) is 5.69 Å². The number of fused-ring (bicyclic) bond motifs is 1. The Balaban J connectivity index is 1.67. The molecule has 1 saturated heterocycles. The standard InChI is InChI=1S/C22H25ClN4O5S2/c1-13-6-8-27(9-7-13)34(30,31)20-14(2)33-21-19(20)22(29)26(12-24-21)11-18(28)25-16-10-15(23)4-5-17(16)32-3/h4-5,10,12-13H,6-9,11H2,1-3H3,(H,25,28). The molecule has 1 aliphatic rings. The Bertz CT molecular complexity index is 1410. The van der Waals surface area contributed by atoms with Crippen LogP contribution in [0.1, 0.15) is 24.6 Å². The van der Waals surface area contributed by atoms with E-state index in [0.29, 0.717) is 45.2 Å². The van der Waals surface area contributed by atoms with Crippen molar-refractivity contribution in [1.29, 1.82) is 0 Å². The molecule has 2 aromatic heterocycles. The number of rotatable bonds is 6. The third kappa shape index (κ3) is 4.70. The fourth-order valence-electron chi connectivity index (χ4n) is 4.01. The summed E-state index contributed by atoms with van der Waals surface area (Å²) in [5, 5.41) is 3.11. The summed E-state index contributed by atoms with van der Waals surface area (Å²) in [4.78, 5) is 31.1. The average Bonchev–Trinajstić information content (AvgIpc) is 3.13. The molecule has 34 heavy (non-hydrogen) atoms. The van der Waals surface area contributed by atoms with E-state index in [1.807, 2.05) is 0 Å². The van der Waals surface area contributed by atoms with Gasteiger partial charge in [-0.15, -0.1) is 11.3 Å². The molecule has 0 atom stereocenters. The zero-order valence-corrected chi connectivity index (χ0v) is 21.4. The number of hydrogen-bond acceptors (Lipinski definition) is 7. The first kappa shape index (κ1) is 24.6. The number of piperidine rings is 1. The minimum atomic E-state index is -3.87. The van der Waals surface area contributed by atoms with Gasteiger partial charge in [-0.2, -0.15) is 4.31 Å². The molecular formula is C22H25ClN4O5S2. The highest BCUT2D eigenvalue weighted by atomic mass is 35.5. The van der Waals surface area contributed by atoms with Crippen molar-refractivity contribution in [2.24, 2.45) is 5.92 Å². The van der Waals surface area contributed by atoms with E-state index < -0.39 is 21.5 Å². The molecule has 4 rings (SSSR count). The van der Waals surface area contributed by atoms with Gasteiger partial charge in [0.15, 0.2) is 0 Å². The Morgan fingerprint density at radius 1 is 1.32 bits per heavy atom. The second-order valence-corrected chi connectivity index (χ2v) is 11.8. The van der Waals surface area contributed by atoms with Crippen LogP contribution in [0.5, 0.6) is 5.75 Å². The zero-order chi connectivity index (χ0) is 24.6. The molecule has 1 amide bonds. The van der Waals surface area contributed by atoms with Crippen LogP contribution in [0, 0.1) is 12.8 Å². The maximum Gasteiger partial charge on any atom is 0.263 e. The van der Waals surface area contributed by atoms with Crippen molar-refractivity contribution in [3.8, 4) is 5.75 Å². The molecule has 9 nitrogen and oxygen atoms in total. The monoisotopic (exact) mass is 524 g/mol. The Kier molecular flexibility index (Phi) is 6.99. The van der Waals surface area contributed by atoms with Crippen molar-refractivity contribution >= 4 is 54.8 Å². The second kappa shape index (κ2) is 9.65. The van der Waals surface area contributed by atoms with E-state index in [4.69, 9.17) is 16.3 Å². The lowest BCUT2D eigenvalue weighted by molar-refractivity contribution is -0.116. The first-order valence-corrected chi connectivity index (χ1v) is 13.4. The number of benzene rings is 1. The molecule has 0 bridgehead atoms. The molecule has 1 fully saturated rings. The van der Waals surface area contributed by atoms with Crippen molar-refractivity contribution in [1.82, 2.24) is 13.9 Å². The van der Waals surface area contributed by atoms with Crippen molar-refractivity contribution in [3.05, 3.63) is 44.8 Å². The Morgan fingerprint density at radius 3 is 2.71 bits per heavy atom. The molecule has 182 valence electrons. The Morgan fingerprint density at radius 2 is 2.03 bits per heavy atom. The predicted octanol–water partition coefficient (Wildman–Crippen LogP) is 3.49. The number of carbonyl (C=O) groups excluding carboxylic acids is 1. The lowest BCUT2D eigenvalue weighted by atomic mass is 10.0. The summed E-state index contributed by atoms with van der Waals surface area (Å²) < 4.78 is 34.7. The highest BCUT2D eigenvalue weighted by molar-refractivity contribution is 7.89. The minimum absolute atomic E-state index is 0.00850. The molecule has 1 aliphatic heterocycles. The van der Waals surface area contributed by atoms with E-state index in [-0.39, 0.29) is 16.8 Å². The molecular weight excluding hydrogens is 500 g/mol. The number of anilines is 1. The summed E-state index contributed by atoms with van der Waals surface area (Å²) in [5.41, 5.74) is -0.220. The number of thiophene rings is 1. The van der Waals surface area contributed by atoms with Crippen LogP contribution in [0.2, 0.25) is 5.02 Å². The summed E-state index contributed by atoms with van der Waals surface area (Å²) in [6, 6.07) is 4.78. The lowest BCUT2D eigenvalue weighted by Gasteiger charge is -2.29. The van der Waals surface area contributed by atoms with Gasteiger partial charge in [-0.05, 0) is 43.9 Å². The molecule has 1 N–H and O–H groups in total. The van der Waals surface area contributed by atoms with Gasteiger partial charge in [0.05, 0.1) is 24.5 Å². The SMILES string of the molecule is COc1ccc(Cl)cc1NC(=O)Cn1cnc2sc(C)c(S(=O)(=O)N3CCC(C)CC3)c2c1=O. The van der Waals surface area contributed by atoms with Gasteiger partial charge in [0.1, 0.15) is 22.0 Å². The first-order chi connectivity index (χ1) is 16.1. The van der Waals surface area contributed by atoms with Gasteiger partial charge in [0.25, 0.3) is 5.56 Å². The van der Waals surface area contributed by atoms with Gasteiger partial charge in [-0.1, -0.05) is 18.5 Å². The number of aryl methyl sites for hydroxylation is 1. The van der Waals surface area contributed by atoms with E-state index in [9.17, 15) is 18.0 Å². The number of sulfonamides is 1. The molecule has 0 spiro atoms. The van der Waals surface area contributed by atoms with E-state index >= 15 is 0 Å². The summed E-state index contributed by atoms with van der Waals surface area (Å²) in [6.45, 7) is 4.25. The van der Waals surface area contributed by atoms with Gasteiger partial charge >= 0.3 is 0 Å². The molecule has 3 aromatic rings. The predicted molar refractivity (Wildman–Crippen MR) is 132 cm³/mol. The summed E-state index contributed by atoms with van der Waals surface area (Å²) in [7, 11) is -2.41. The van der Waals surface area contributed by atoms with Crippen molar-refractivity contribution in [3.63, 3.8) is 0 Å². The van der Waals surface area contributed by atoms with Crippen LogP contribution in [-0.2, 0) is 21.4 Å². The number of hydrogen-bond donors (Lipinski definition) is 1. The van der Waals surface area contributed by atoms with Gasteiger partial charge in [0, 0.05) is 23.0 Å². The number of methoxy groups -OCH3 is 1. The fraction of sp³-hybridized carbons (Fsp3) is 0.409. The molecule has 3 heterocycles. The smallest absolute Gasteiger partial charge is 0.263 e. The van der Waals surface area contributed by atoms with Crippen LogP contribution in [-0.4, -0.2) is 48.4 Å². The maximum atomic E-state index is 13.5. The van der Waals surface area contributed by atoms with Crippen LogP contribution < -0.4 is 15.6 Å². The fourth-order valence-corrected chi connectivity index (χ4v) is 7.32. The van der Waals surface area contributed by atoms with Crippen molar-refractivity contribution in [2.45, 2.75) is 38.1 Å². The molecule has 12 heteroatoms. The van der Waals surface area contributed by atoms with Crippen molar-refractivity contribution in [2.75, 3.05) is 25.5 Å². The second-order valence-electron chi connectivity index (χ2n) is 8.32. The summed E-state index contributed by atoms with van der Waals surface area (Å²) in [5.74, 6) is 0.365. The van der Waals surface area contributed by atoms with Gasteiger partial charge in [-0.3, -0.25) is 14.2 Å². The van der Waals surface area contributed by atoms with Crippen LogP contribution in [0.25, 0.3) is 10.2 Å². The van der Waals surface area contributed by atoms with Gasteiger partial charge < -0.3 is 10.1 Å². The minimum Gasteiger partial charge on any atom is -0.495 e. The van der Waals surface area contributed by atoms with Crippen molar-refractivity contribution < 1.29 is 17.9 Å². The van der Waals surface area contributed by atoms with E-state index in [1.165, 1.54) is 23.8 Å². The molecule has 0 aliphatic carbocycles. The van der Waals surface area contributed by atoms with Crippen LogP contribution >= 0.6 is 22.9 Å². The first-order valence-electron chi connectivity index (χ1n) is 10.7. The third-order valence-electron chi connectivity index (χ3n) is 5.89. The number of nitrogens with zero attached hydrogens (tertiary/aromatic N) is 3.